The highest BCUT2D eigenvalue weighted by Crippen LogP contribution is 2.54. The molecule has 4 rings (SSSR count). The first-order valence-corrected chi connectivity index (χ1v) is 8.08. The molecule has 2 unspecified atom stereocenters. The Hall–Kier alpha value is -1.75. The van der Waals surface area contributed by atoms with Crippen LogP contribution >= 0.6 is 0 Å². The molecule has 4 nitrogen and oxygen atoms in total. The van der Waals surface area contributed by atoms with Crippen molar-refractivity contribution in [3.8, 4) is 0 Å². The Bertz CT molecular complexity index is 634. The average Bonchev–Trinajstić information content (AvgIpc) is 3.21. The Kier molecular flexibility index (Phi) is 3.66. The molecule has 2 aromatic rings. The molecule has 1 saturated heterocycles. The molecule has 2 heterocycles. The Morgan fingerprint density at radius 3 is 2.68 bits per heavy atom. The van der Waals surface area contributed by atoms with Gasteiger partial charge in [-0.3, -0.25) is 0 Å². The highest BCUT2D eigenvalue weighted by Gasteiger charge is 2.43. The van der Waals surface area contributed by atoms with Crippen molar-refractivity contribution >= 4 is 0 Å². The maximum absolute atomic E-state index is 13.0. The molecule has 22 heavy (non-hydrogen) atoms. The molecule has 5 heteroatoms. The summed E-state index contributed by atoms with van der Waals surface area (Å²) in [7, 11) is 0. The molecule has 1 aliphatic heterocycles. The van der Waals surface area contributed by atoms with Gasteiger partial charge in [-0.15, -0.1) is 0 Å². The highest BCUT2D eigenvalue weighted by atomic mass is 19.1. The molecule has 0 spiro atoms. The van der Waals surface area contributed by atoms with Crippen LogP contribution in [0.25, 0.3) is 0 Å². The van der Waals surface area contributed by atoms with E-state index in [1.807, 2.05) is 12.1 Å². The zero-order valence-electron chi connectivity index (χ0n) is 12.5. The third-order valence-corrected chi connectivity index (χ3v) is 4.82. The van der Waals surface area contributed by atoms with Gasteiger partial charge >= 0.3 is 0 Å². The summed E-state index contributed by atoms with van der Waals surface area (Å²) in [6.45, 7) is 2.18. The zero-order chi connectivity index (χ0) is 14.9. The predicted octanol–water partition coefficient (Wildman–Crippen LogP) is 3.02. The van der Waals surface area contributed by atoms with Gasteiger partial charge < -0.3 is 9.84 Å². The molecule has 0 bridgehead atoms. The van der Waals surface area contributed by atoms with Gasteiger partial charge in [0.25, 0.3) is 0 Å². The lowest BCUT2D eigenvalue weighted by atomic mass is 9.94. The molecule has 2 atom stereocenters. The molecular weight excluding hydrogens is 281 g/mol. The first-order valence-electron chi connectivity index (χ1n) is 8.08. The van der Waals surface area contributed by atoms with Gasteiger partial charge in [0.15, 0.2) is 5.82 Å². The van der Waals surface area contributed by atoms with Crippen molar-refractivity contribution in [3.63, 3.8) is 0 Å². The van der Waals surface area contributed by atoms with Crippen LogP contribution in [-0.2, 0) is 6.42 Å². The van der Waals surface area contributed by atoms with Crippen LogP contribution in [0.3, 0.4) is 0 Å². The molecule has 0 amide bonds. The van der Waals surface area contributed by atoms with Crippen LogP contribution in [0, 0.1) is 11.7 Å². The molecule has 2 aliphatic rings. The Balaban J connectivity index is 1.39. The summed E-state index contributed by atoms with van der Waals surface area (Å²) in [5, 5.41) is 7.52. The Labute approximate surface area is 129 Å². The van der Waals surface area contributed by atoms with Gasteiger partial charge in [0.1, 0.15) is 5.82 Å². The Morgan fingerprint density at radius 2 is 1.91 bits per heavy atom. The van der Waals surface area contributed by atoms with Crippen molar-refractivity contribution in [2.45, 2.75) is 37.5 Å². The number of hydrogen-bond acceptors (Lipinski definition) is 4. The highest BCUT2D eigenvalue weighted by molar-refractivity contribution is 5.30. The van der Waals surface area contributed by atoms with E-state index in [4.69, 9.17) is 4.52 Å². The summed E-state index contributed by atoms with van der Waals surface area (Å²) in [6, 6.07) is 6.74. The number of piperidine rings is 1. The van der Waals surface area contributed by atoms with Crippen molar-refractivity contribution in [1.82, 2.24) is 15.5 Å². The topological polar surface area (TPSA) is 51.0 Å². The largest absolute Gasteiger partial charge is 0.339 e. The van der Waals surface area contributed by atoms with Crippen molar-refractivity contribution < 1.29 is 8.91 Å². The maximum Gasteiger partial charge on any atom is 0.230 e. The van der Waals surface area contributed by atoms with Crippen LogP contribution in [0.15, 0.2) is 28.8 Å². The van der Waals surface area contributed by atoms with Crippen molar-refractivity contribution in [2.24, 2.45) is 5.92 Å². The van der Waals surface area contributed by atoms with E-state index in [-0.39, 0.29) is 5.82 Å². The van der Waals surface area contributed by atoms with Gasteiger partial charge in [-0.2, -0.15) is 4.98 Å². The Morgan fingerprint density at radius 1 is 1.14 bits per heavy atom. The van der Waals surface area contributed by atoms with Gasteiger partial charge in [-0.1, -0.05) is 17.3 Å². The summed E-state index contributed by atoms with van der Waals surface area (Å²) in [4.78, 5) is 4.59. The number of halogens is 1. The minimum Gasteiger partial charge on any atom is -0.339 e. The first-order chi connectivity index (χ1) is 10.8. The zero-order valence-corrected chi connectivity index (χ0v) is 12.5. The average molecular weight is 301 g/mol. The van der Waals surface area contributed by atoms with Crippen LogP contribution in [0.2, 0.25) is 0 Å². The van der Waals surface area contributed by atoms with E-state index >= 15 is 0 Å². The van der Waals surface area contributed by atoms with E-state index in [2.05, 4.69) is 15.5 Å². The third kappa shape index (κ3) is 2.90. The van der Waals surface area contributed by atoms with Gasteiger partial charge in [0.2, 0.25) is 5.89 Å². The van der Waals surface area contributed by atoms with E-state index in [0.717, 1.165) is 43.2 Å². The minimum atomic E-state index is -0.192. The van der Waals surface area contributed by atoms with Crippen LogP contribution < -0.4 is 5.32 Å². The van der Waals surface area contributed by atoms with Crippen molar-refractivity contribution in [2.75, 3.05) is 13.1 Å². The SMILES string of the molecule is Fc1ccc(C2CC2c2nc(CC3CCNCC3)no2)cc1. The number of rotatable bonds is 4. The summed E-state index contributed by atoms with van der Waals surface area (Å²) >= 11 is 0. The van der Waals surface area contributed by atoms with Crippen molar-refractivity contribution in [1.29, 1.82) is 0 Å². The number of benzene rings is 1. The van der Waals surface area contributed by atoms with E-state index in [9.17, 15) is 4.39 Å². The maximum atomic E-state index is 13.0. The van der Waals surface area contributed by atoms with Crippen LogP contribution in [0.4, 0.5) is 4.39 Å². The lowest BCUT2D eigenvalue weighted by Crippen LogP contribution is -2.28. The fraction of sp³-hybridized carbons (Fsp3) is 0.529. The van der Waals surface area contributed by atoms with Crippen molar-refractivity contribution in [3.05, 3.63) is 47.4 Å². The minimum absolute atomic E-state index is 0.192. The van der Waals surface area contributed by atoms with E-state index < -0.39 is 0 Å². The smallest absolute Gasteiger partial charge is 0.230 e. The second-order valence-electron chi connectivity index (χ2n) is 6.45. The monoisotopic (exact) mass is 301 g/mol. The summed E-state index contributed by atoms with van der Waals surface area (Å²) in [6.07, 6.45) is 4.30. The quantitative estimate of drug-likeness (QED) is 0.943. The van der Waals surface area contributed by atoms with Crippen LogP contribution in [0.5, 0.6) is 0 Å². The van der Waals surface area contributed by atoms with Gasteiger partial charge in [-0.25, -0.2) is 4.39 Å². The summed E-state index contributed by atoms with van der Waals surface area (Å²) in [5.74, 6) is 2.76. The van der Waals surface area contributed by atoms with E-state index in [1.54, 1.807) is 0 Å². The van der Waals surface area contributed by atoms with E-state index in [1.165, 1.54) is 25.0 Å². The molecule has 1 aromatic carbocycles. The standard InChI is InChI=1S/C17H20FN3O/c18-13-3-1-12(2-4-13)14-10-15(14)17-20-16(21-22-17)9-11-5-7-19-8-6-11/h1-4,11,14-15,19H,5-10H2. The molecule has 0 radical (unpaired) electrons. The molecule has 1 aliphatic carbocycles. The number of hydrogen-bond donors (Lipinski definition) is 1. The fourth-order valence-corrected chi connectivity index (χ4v) is 3.39. The van der Waals surface area contributed by atoms with E-state index in [0.29, 0.717) is 17.8 Å². The molecule has 1 N–H and O–H groups in total. The lowest BCUT2D eigenvalue weighted by molar-refractivity contribution is 0.347. The number of nitrogens with zero attached hydrogens (tertiary/aromatic N) is 2. The number of aromatic nitrogens is 2. The molecule has 1 saturated carbocycles. The van der Waals surface area contributed by atoms with Crippen LogP contribution in [-0.4, -0.2) is 23.2 Å². The summed E-state index contributed by atoms with van der Waals surface area (Å²) in [5.41, 5.74) is 1.16. The lowest BCUT2D eigenvalue weighted by Gasteiger charge is -2.20. The first kappa shape index (κ1) is 13.9. The van der Waals surface area contributed by atoms with Gasteiger partial charge in [0.05, 0.1) is 0 Å². The number of nitrogens with one attached hydrogen (secondary N) is 1. The normalized spacial score (nSPS) is 25.3. The molecule has 1 aromatic heterocycles. The fourth-order valence-electron chi connectivity index (χ4n) is 3.39. The van der Waals surface area contributed by atoms with Crippen LogP contribution in [0.1, 0.15) is 48.4 Å². The summed E-state index contributed by atoms with van der Waals surface area (Å²) < 4.78 is 18.4. The third-order valence-electron chi connectivity index (χ3n) is 4.82. The molecular formula is C17H20FN3O. The van der Waals surface area contributed by atoms with Gasteiger partial charge in [-0.05, 0) is 61.9 Å². The second kappa shape index (κ2) is 5.80. The molecule has 116 valence electrons. The van der Waals surface area contributed by atoms with Gasteiger partial charge in [0, 0.05) is 12.3 Å². The molecule has 2 fully saturated rings. The second-order valence-corrected chi connectivity index (χ2v) is 6.45. The predicted molar refractivity (Wildman–Crippen MR) is 80.1 cm³/mol.